The van der Waals surface area contributed by atoms with Gasteiger partial charge in [0.1, 0.15) is 0 Å². The molecule has 0 amide bonds. The first kappa shape index (κ1) is 40.9. The SMILES string of the molecule is C=CC(=C\C=N\CCSSCC[n+]1ccc(/C(C)=C/c2ccc(N(CC)CCO)cc2C)cc1)/C(C)=C/c1ccc(N(CC)CCO)cc1C. The largest absolute Gasteiger partial charge is 0.395 e. The first-order valence-corrected chi connectivity index (χ1v) is 20.1. The second-order valence-electron chi connectivity index (χ2n) is 12.2. The number of nitrogens with zero attached hydrogens (tertiary/aromatic N) is 4. The van der Waals surface area contributed by atoms with Crippen LogP contribution in [0.5, 0.6) is 0 Å². The van der Waals surface area contributed by atoms with Crippen molar-refractivity contribution in [1.82, 2.24) is 0 Å². The first-order chi connectivity index (χ1) is 24.2. The smallest absolute Gasteiger partial charge is 0.169 e. The number of aryl methyl sites for hydroxylation is 3. The van der Waals surface area contributed by atoms with Gasteiger partial charge < -0.3 is 20.0 Å². The molecular weight excluding hydrogens is 657 g/mol. The van der Waals surface area contributed by atoms with Gasteiger partial charge in [0, 0.05) is 68.2 Å². The number of likely N-dealkylation sites (N-methyl/N-ethyl adjacent to an activating group) is 2. The van der Waals surface area contributed by atoms with Crippen LogP contribution in [0.1, 0.15) is 55.5 Å². The molecule has 6 nitrogen and oxygen atoms in total. The highest BCUT2D eigenvalue weighted by Crippen LogP contribution is 2.25. The molecule has 0 fully saturated rings. The van der Waals surface area contributed by atoms with Crippen LogP contribution in [0.15, 0.2) is 95.8 Å². The van der Waals surface area contributed by atoms with Gasteiger partial charge in [-0.25, -0.2) is 4.57 Å². The Hall–Kier alpha value is -3.56. The monoisotopic (exact) mass is 713 g/mol. The molecular formula is C42H57N4O2S2+. The Labute approximate surface area is 309 Å². The number of aliphatic hydroxyl groups excluding tert-OH is 2. The summed E-state index contributed by atoms with van der Waals surface area (Å²) in [5.74, 6) is 2.00. The first-order valence-electron chi connectivity index (χ1n) is 17.6. The van der Waals surface area contributed by atoms with E-state index in [1.165, 1.54) is 33.4 Å². The summed E-state index contributed by atoms with van der Waals surface area (Å²) in [4.78, 5) is 8.98. The number of aliphatic imine (C=N–C) groups is 1. The van der Waals surface area contributed by atoms with E-state index in [0.29, 0.717) is 13.1 Å². The lowest BCUT2D eigenvalue weighted by Gasteiger charge is -2.23. The fourth-order valence-electron chi connectivity index (χ4n) is 5.64. The van der Waals surface area contributed by atoms with Gasteiger partial charge in [-0.1, -0.05) is 58.5 Å². The number of hydrogen-bond acceptors (Lipinski definition) is 7. The predicted octanol–water partition coefficient (Wildman–Crippen LogP) is 8.46. The van der Waals surface area contributed by atoms with Crippen molar-refractivity contribution in [1.29, 1.82) is 0 Å². The number of hydrogen-bond donors (Lipinski definition) is 2. The van der Waals surface area contributed by atoms with Crippen LogP contribution in [0.2, 0.25) is 0 Å². The average Bonchev–Trinajstić information content (AvgIpc) is 3.12. The number of aromatic nitrogens is 1. The van der Waals surface area contributed by atoms with Gasteiger partial charge in [-0.05, 0) is 116 Å². The topological polar surface area (TPSA) is 63.2 Å². The molecule has 0 saturated carbocycles. The zero-order valence-electron chi connectivity index (χ0n) is 30.9. The molecule has 3 rings (SSSR count). The highest BCUT2D eigenvalue weighted by Gasteiger charge is 2.08. The maximum atomic E-state index is 9.35. The van der Waals surface area contributed by atoms with Gasteiger partial charge in [0.25, 0.3) is 0 Å². The highest BCUT2D eigenvalue weighted by atomic mass is 33.1. The van der Waals surface area contributed by atoms with E-state index in [2.05, 4.69) is 141 Å². The van der Waals surface area contributed by atoms with E-state index in [9.17, 15) is 10.2 Å². The van der Waals surface area contributed by atoms with Gasteiger partial charge in [0.05, 0.1) is 19.0 Å². The average molecular weight is 714 g/mol. The fraction of sp³-hybridized carbons (Fsp3) is 0.381. The Balaban J connectivity index is 1.42. The Morgan fingerprint density at radius 2 is 1.38 bits per heavy atom. The van der Waals surface area contributed by atoms with Crippen molar-refractivity contribution in [3.8, 4) is 0 Å². The molecule has 0 unspecified atom stereocenters. The Bertz CT molecular complexity index is 1630. The molecule has 50 heavy (non-hydrogen) atoms. The Morgan fingerprint density at radius 3 is 1.90 bits per heavy atom. The van der Waals surface area contributed by atoms with Gasteiger partial charge in [0.15, 0.2) is 18.9 Å². The standard InChI is InChI=1S/C42H57N4O2S2/c1-8-37(33(4)29-39-11-13-41(31-35(39)6)45(9-2)22-25-47)15-18-43-19-27-49-50-28-24-44-20-16-38(17-21-44)34(5)30-40-12-14-42(32-36(40)7)46(10-3)23-26-48/h8,11-18,20-21,29-32,47-48H,1,9-10,19,22-28H2,2-7H3/q+1/b33-29+,37-15+,43-18+. The molecule has 0 saturated heterocycles. The quantitative estimate of drug-likeness (QED) is 0.0380. The molecule has 3 aromatic rings. The number of benzene rings is 2. The third-order valence-corrected chi connectivity index (χ3v) is 11.1. The molecule has 0 atom stereocenters. The summed E-state index contributed by atoms with van der Waals surface area (Å²) in [5, 5.41) is 18.7. The van der Waals surface area contributed by atoms with E-state index < -0.39 is 0 Å². The molecule has 0 aliphatic rings. The minimum absolute atomic E-state index is 0.151. The van der Waals surface area contributed by atoms with Crippen molar-refractivity contribution in [2.75, 3.05) is 67.2 Å². The minimum Gasteiger partial charge on any atom is -0.395 e. The molecule has 268 valence electrons. The minimum atomic E-state index is 0.151. The van der Waals surface area contributed by atoms with E-state index in [0.717, 1.165) is 60.2 Å². The molecule has 1 aromatic heterocycles. The summed E-state index contributed by atoms with van der Waals surface area (Å²) >= 11 is 0. The second-order valence-corrected chi connectivity index (χ2v) is 14.9. The van der Waals surface area contributed by atoms with Crippen LogP contribution >= 0.6 is 21.6 Å². The summed E-state index contributed by atoms with van der Waals surface area (Å²) in [6.45, 7) is 21.9. The summed E-state index contributed by atoms with van der Waals surface area (Å²) < 4.78 is 2.24. The maximum Gasteiger partial charge on any atom is 0.169 e. The van der Waals surface area contributed by atoms with Crippen LogP contribution in [0.3, 0.4) is 0 Å². The fourth-order valence-corrected chi connectivity index (χ4v) is 7.49. The molecule has 8 heteroatoms. The molecule has 0 spiro atoms. The van der Waals surface area contributed by atoms with Crippen molar-refractivity contribution in [3.63, 3.8) is 0 Å². The number of anilines is 2. The van der Waals surface area contributed by atoms with Gasteiger partial charge >= 0.3 is 0 Å². The molecule has 2 N–H and O–H groups in total. The lowest BCUT2D eigenvalue weighted by Crippen LogP contribution is -2.33. The van der Waals surface area contributed by atoms with Gasteiger partial charge in [-0.3, -0.25) is 4.99 Å². The van der Waals surface area contributed by atoms with Gasteiger partial charge in [-0.2, -0.15) is 0 Å². The molecule has 1 heterocycles. The molecule has 0 bridgehead atoms. The number of aliphatic hydroxyl groups is 2. The van der Waals surface area contributed by atoms with Gasteiger partial charge in [0.2, 0.25) is 0 Å². The molecule has 0 aliphatic heterocycles. The maximum absolute atomic E-state index is 9.35. The van der Waals surface area contributed by atoms with Crippen LogP contribution in [0.4, 0.5) is 11.4 Å². The summed E-state index contributed by atoms with van der Waals surface area (Å²) in [6.07, 6.45) is 14.6. The van der Waals surface area contributed by atoms with E-state index >= 15 is 0 Å². The second kappa shape index (κ2) is 22.3. The van der Waals surface area contributed by atoms with E-state index in [1.54, 1.807) is 0 Å². The van der Waals surface area contributed by atoms with E-state index in [1.807, 2.05) is 40.0 Å². The summed E-state index contributed by atoms with van der Waals surface area (Å²) in [6, 6.07) is 17.4. The van der Waals surface area contributed by atoms with Crippen LogP contribution in [-0.4, -0.2) is 73.9 Å². The van der Waals surface area contributed by atoms with Crippen molar-refractivity contribution in [2.45, 2.75) is 48.1 Å². The van der Waals surface area contributed by atoms with Gasteiger partial charge in [-0.15, -0.1) is 0 Å². The number of allylic oxidation sites excluding steroid dienone is 5. The van der Waals surface area contributed by atoms with Crippen molar-refractivity contribution < 1.29 is 14.8 Å². The van der Waals surface area contributed by atoms with Crippen molar-refractivity contribution in [2.24, 2.45) is 4.99 Å². The molecule has 2 aromatic carbocycles. The third kappa shape index (κ3) is 13.0. The summed E-state index contributed by atoms with van der Waals surface area (Å²) in [7, 11) is 3.76. The lowest BCUT2D eigenvalue weighted by atomic mass is 10.0. The summed E-state index contributed by atoms with van der Waals surface area (Å²) in [5.41, 5.74) is 11.8. The normalized spacial score (nSPS) is 12.5. The van der Waals surface area contributed by atoms with Crippen LogP contribution < -0.4 is 14.4 Å². The zero-order valence-corrected chi connectivity index (χ0v) is 32.6. The number of pyridine rings is 1. The Morgan fingerprint density at radius 1 is 0.820 bits per heavy atom. The predicted molar refractivity (Wildman–Crippen MR) is 223 cm³/mol. The molecule has 0 aliphatic carbocycles. The van der Waals surface area contributed by atoms with Crippen LogP contribution in [0, 0.1) is 13.8 Å². The zero-order chi connectivity index (χ0) is 36.3. The number of rotatable bonds is 21. The van der Waals surface area contributed by atoms with Crippen LogP contribution in [-0.2, 0) is 6.54 Å². The Kier molecular flexibility index (Phi) is 18.2. The third-order valence-electron chi connectivity index (χ3n) is 8.69. The van der Waals surface area contributed by atoms with Crippen molar-refractivity contribution >= 4 is 56.9 Å². The van der Waals surface area contributed by atoms with E-state index in [-0.39, 0.29) is 13.2 Å². The lowest BCUT2D eigenvalue weighted by molar-refractivity contribution is -0.692. The van der Waals surface area contributed by atoms with E-state index in [4.69, 9.17) is 0 Å². The van der Waals surface area contributed by atoms with Crippen molar-refractivity contribution in [3.05, 3.63) is 119 Å². The highest BCUT2D eigenvalue weighted by molar-refractivity contribution is 8.76. The van der Waals surface area contributed by atoms with Crippen LogP contribution in [0.25, 0.3) is 17.7 Å². The molecule has 0 radical (unpaired) electrons.